The van der Waals surface area contributed by atoms with Crippen LogP contribution in [0.25, 0.3) is 0 Å². The molecule has 92 valence electrons. The van der Waals surface area contributed by atoms with Crippen molar-refractivity contribution >= 4 is 16.5 Å². The Balaban J connectivity index is 2.46. The first-order valence-corrected chi connectivity index (χ1v) is 6.32. The molecule has 18 heavy (non-hydrogen) atoms. The number of aromatic nitrogens is 1. The second-order valence-corrected chi connectivity index (χ2v) is 4.96. The Bertz CT molecular complexity index is 583. The number of benzene rings is 1. The number of hydrogen-bond donors (Lipinski definition) is 1. The zero-order chi connectivity index (χ0) is 13.2. The van der Waals surface area contributed by atoms with Crippen LogP contribution in [0.2, 0.25) is 0 Å². The monoisotopic (exact) mass is 258 g/mol. The van der Waals surface area contributed by atoms with E-state index in [1.807, 2.05) is 36.6 Å². The Labute approximate surface area is 111 Å². The summed E-state index contributed by atoms with van der Waals surface area (Å²) in [5, 5.41) is 2.43. The molecule has 0 radical (unpaired) electrons. The van der Waals surface area contributed by atoms with Crippen LogP contribution in [0.1, 0.15) is 18.2 Å². The molecule has 2 aromatic rings. The first-order chi connectivity index (χ1) is 8.60. The third kappa shape index (κ3) is 2.05. The van der Waals surface area contributed by atoms with E-state index in [0.29, 0.717) is 5.13 Å². The molecule has 0 aliphatic heterocycles. The van der Waals surface area contributed by atoms with Gasteiger partial charge in [-0.15, -0.1) is 17.8 Å². The number of hydrogen-bond acceptors (Lipinski definition) is 4. The van der Waals surface area contributed by atoms with Crippen LogP contribution in [-0.2, 0) is 5.41 Å². The van der Waals surface area contributed by atoms with E-state index in [4.69, 9.17) is 16.9 Å². The molecule has 0 amide bonds. The minimum Gasteiger partial charge on any atom is -0.497 e. The van der Waals surface area contributed by atoms with Gasteiger partial charge in [-0.25, -0.2) is 4.98 Å². The van der Waals surface area contributed by atoms with E-state index in [2.05, 4.69) is 10.9 Å². The molecule has 0 saturated carbocycles. The normalized spacial score (nSPS) is 13.6. The molecular formula is C14H14N2OS. The van der Waals surface area contributed by atoms with Crippen LogP contribution in [-0.4, -0.2) is 12.1 Å². The minimum absolute atomic E-state index is 0.528. The van der Waals surface area contributed by atoms with Gasteiger partial charge in [0, 0.05) is 5.38 Å². The molecule has 0 saturated heterocycles. The summed E-state index contributed by atoms with van der Waals surface area (Å²) in [6, 6.07) is 7.68. The third-order valence-electron chi connectivity index (χ3n) is 2.99. The quantitative estimate of drug-likeness (QED) is 0.861. The average molecular weight is 258 g/mol. The predicted octanol–water partition coefficient (Wildman–Crippen LogP) is 2.67. The highest BCUT2D eigenvalue weighted by Crippen LogP contribution is 2.33. The molecular weight excluding hydrogens is 244 g/mol. The van der Waals surface area contributed by atoms with Gasteiger partial charge in [-0.1, -0.05) is 18.1 Å². The fourth-order valence-electron chi connectivity index (χ4n) is 1.75. The lowest BCUT2D eigenvalue weighted by Crippen LogP contribution is -2.21. The first-order valence-electron chi connectivity index (χ1n) is 5.44. The number of nitrogens with two attached hydrogens (primary N) is 1. The van der Waals surface area contributed by atoms with Crippen molar-refractivity contribution in [2.75, 3.05) is 12.8 Å². The number of nitrogen functional groups attached to an aromatic ring is 1. The van der Waals surface area contributed by atoms with Crippen molar-refractivity contribution in [3.8, 4) is 18.1 Å². The molecule has 1 aromatic heterocycles. The Morgan fingerprint density at radius 2 is 2.06 bits per heavy atom. The van der Waals surface area contributed by atoms with Crippen molar-refractivity contribution in [1.82, 2.24) is 4.98 Å². The third-order valence-corrected chi connectivity index (χ3v) is 3.66. The van der Waals surface area contributed by atoms with Crippen LogP contribution < -0.4 is 10.5 Å². The van der Waals surface area contributed by atoms with Crippen molar-refractivity contribution < 1.29 is 4.74 Å². The van der Waals surface area contributed by atoms with Crippen LogP contribution in [0.15, 0.2) is 29.6 Å². The fourth-order valence-corrected chi connectivity index (χ4v) is 2.42. The Hall–Kier alpha value is -1.99. The van der Waals surface area contributed by atoms with Gasteiger partial charge in [-0.3, -0.25) is 0 Å². The standard InChI is InChI=1S/C14H14N2OS/c1-4-14(2,12-9-18-13(15)16-12)10-5-7-11(17-3)8-6-10/h1,5-9H,2-3H3,(H2,15,16). The number of rotatable bonds is 3. The largest absolute Gasteiger partial charge is 0.497 e. The van der Waals surface area contributed by atoms with E-state index in [9.17, 15) is 0 Å². The van der Waals surface area contributed by atoms with Gasteiger partial charge in [0.25, 0.3) is 0 Å². The molecule has 2 rings (SSSR count). The maximum Gasteiger partial charge on any atom is 0.180 e. The highest BCUT2D eigenvalue weighted by atomic mass is 32.1. The van der Waals surface area contributed by atoms with Gasteiger partial charge in [0.05, 0.1) is 18.2 Å². The summed E-state index contributed by atoms with van der Waals surface area (Å²) in [6.07, 6.45) is 5.69. The molecule has 1 heterocycles. The minimum atomic E-state index is -0.569. The van der Waals surface area contributed by atoms with Crippen molar-refractivity contribution in [2.45, 2.75) is 12.3 Å². The van der Waals surface area contributed by atoms with Gasteiger partial charge in [0.2, 0.25) is 0 Å². The molecule has 1 aromatic carbocycles. The van der Waals surface area contributed by atoms with Gasteiger partial charge >= 0.3 is 0 Å². The lowest BCUT2D eigenvalue weighted by molar-refractivity contribution is 0.414. The Morgan fingerprint density at radius 1 is 1.39 bits per heavy atom. The lowest BCUT2D eigenvalue weighted by Gasteiger charge is -2.22. The summed E-state index contributed by atoms with van der Waals surface area (Å²) in [6.45, 7) is 1.96. The summed E-state index contributed by atoms with van der Waals surface area (Å²) >= 11 is 1.40. The van der Waals surface area contributed by atoms with E-state index < -0.39 is 5.41 Å². The Kier molecular flexibility index (Phi) is 3.26. The fraction of sp³-hybridized carbons (Fsp3) is 0.214. The molecule has 1 atom stereocenters. The summed E-state index contributed by atoms with van der Waals surface area (Å²) < 4.78 is 5.14. The average Bonchev–Trinajstić information content (AvgIpc) is 2.85. The van der Waals surface area contributed by atoms with Crippen LogP contribution in [0.3, 0.4) is 0 Å². The summed E-state index contributed by atoms with van der Waals surface area (Å²) in [5.41, 5.74) is 6.90. The van der Waals surface area contributed by atoms with Crippen LogP contribution in [0, 0.1) is 12.3 Å². The van der Waals surface area contributed by atoms with Crippen molar-refractivity contribution in [1.29, 1.82) is 0 Å². The highest BCUT2D eigenvalue weighted by Gasteiger charge is 2.29. The second-order valence-electron chi connectivity index (χ2n) is 4.07. The zero-order valence-electron chi connectivity index (χ0n) is 10.3. The van der Waals surface area contributed by atoms with Crippen molar-refractivity contribution in [3.05, 3.63) is 40.9 Å². The van der Waals surface area contributed by atoms with Gasteiger partial charge in [-0.2, -0.15) is 0 Å². The maximum atomic E-state index is 5.69. The molecule has 0 bridgehead atoms. The molecule has 0 fully saturated rings. The Morgan fingerprint density at radius 3 is 2.50 bits per heavy atom. The number of methoxy groups -OCH3 is 1. The molecule has 2 N–H and O–H groups in total. The topological polar surface area (TPSA) is 48.1 Å². The van der Waals surface area contributed by atoms with Crippen molar-refractivity contribution in [3.63, 3.8) is 0 Å². The van der Waals surface area contributed by atoms with E-state index in [1.54, 1.807) is 7.11 Å². The first kappa shape index (κ1) is 12.5. The SMILES string of the molecule is C#CC(C)(c1ccc(OC)cc1)c1csc(N)n1. The van der Waals surface area contributed by atoms with Gasteiger partial charge in [0.1, 0.15) is 5.75 Å². The van der Waals surface area contributed by atoms with Gasteiger partial charge in [0.15, 0.2) is 5.13 Å². The molecule has 0 aliphatic rings. The van der Waals surface area contributed by atoms with Gasteiger partial charge < -0.3 is 10.5 Å². The molecule has 0 spiro atoms. The van der Waals surface area contributed by atoms with Gasteiger partial charge in [-0.05, 0) is 24.6 Å². The summed E-state index contributed by atoms with van der Waals surface area (Å²) in [5.74, 6) is 3.61. The number of ether oxygens (including phenoxy) is 1. The highest BCUT2D eigenvalue weighted by molar-refractivity contribution is 7.13. The summed E-state index contributed by atoms with van der Waals surface area (Å²) in [7, 11) is 1.64. The van der Waals surface area contributed by atoms with Crippen LogP contribution >= 0.6 is 11.3 Å². The number of terminal acetylenes is 1. The number of nitrogens with zero attached hydrogens (tertiary/aromatic N) is 1. The molecule has 0 aliphatic carbocycles. The zero-order valence-corrected chi connectivity index (χ0v) is 11.1. The van der Waals surface area contributed by atoms with Crippen molar-refractivity contribution in [2.24, 2.45) is 0 Å². The lowest BCUT2D eigenvalue weighted by atomic mass is 9.81. The molecule has 4 heteroatoms. The summed E-state index contributed by atoms with van der Waals surface area (Å²) in [4.78, 5) is 4.30. The van der Waals surface area contributed by atoms with E-state index in [0.717, 1.165) is 17.0 Å². The van der Waals surface area contributed by atoms with E-state index >= 15 is 0 Å². The number of anilines is 1. The molecule has 1 unspecified atom stereocenters. The van der Waals surface area contributed by atoms with E-state index in [-0.39, 0.29) is 0 Å². The predicted molar refractivity (Wildman–Crippen MR) is 74.8 cm³/mol. The van der Waals surface area contributed by atoms with Crippen LogP contribution in [0.4, 0.5) is 5.13 Å². The molecule has 3 nitrogen and oxygen atoms in total. The smallest absolute Gasteiger partial charge is 0.180 e. The maximum absolute atomic E-state index is 5.69. The van der Waals surface area contributed by atoms with E-state index in [1.165, 1.54) is 11.3 Å². The second kappa shape index (κ2) is 4.71. The van der Waals surface area contributed by atoms with Crippen LogP contribution in [0.5, 0.6) is 5.75 Å². The number of thiazole rings is 1.